The summed E-state index contributed by atoms with van der Waals surface area (Å²) in [6.07, 6.45) is 2.32. The number of ether oxygens (including phenoxy) is 2. The first-order chi connectivity index (χ1) is 14.6. The maximum absolute atomic E-state index is 12.9. The van der Waals surface area contributed by atoms with Crippen molar-refractivity contribution in [1.82, 2.24) is 4.90 Å². The van der Waals surface area contributed by atoms with Crippen molar-refractivity contribution in [3.8, 4) is 11.5 Å². The summed E-state index contributed by atoms with van der Waals surface area (Å²) in [4.78, 5) is 20.2. The summed E-state index contributed by atoms with van der Waals surface area (Å²) >= 11 is 5.91. The van der Waals surface area contributed by atoms with Crippen LogP contribution in [0.1, 0.15) is 24.8 Å². The molecule has 1 fully saturated rings. The molecule has 2 aliphatic heterocycles. The Balaban J connectivity index is 1.24. The molecule has 0 aliphatic carbocycles. The maximum Gasteiger partial charge on any atom is 0.266 e. The molecule has 0 N–H and O–H groups in total. The molecule has 1 atom stereocenters. The third-order valence-electron chi connectivity index (χ3n) is 5.42. The summed E-state index contributed by atoms with van der Waals surface area (Å²) in [6.45, 7) is 1.31. The number of benzene rings is 2. The van der Waals surface area contributed by atoms with E-state index in [1.54, 1.807) is 7.11 Å². The Hall–Kier alpha value is -2.73. The molecular formula is C23H25ClN2O4. The summed E-state index contributed by atoms with van der Waals surface area (Å²) in [7, 11) is 1.65. The Bertz CT molecular complexity index is 908. The molecule has 30 heavy (non-hydrogen) atoms. The molecule has 7 heteroatoms. The van der Waals surface area contributed by atoms with Crippen molar-refractivity contribution in [3.63, 3.8) is 0 Å². The number of amides is 1. The second kappa shape index (κ2) is 9.39. The van der Waals surface area contributed by atoms with E-state index in [0.717, 1.165) is 35.6 Å². The second-order valence-corrected chi connectivity index (χ2v) is 8.02. The third kappa shape index (κ3) is 5.05. The molecule has 4 rings (SSSR count). The lowest BCUT2D eigenvalue weighted by atomic mass is 10.0. The van der Waals surface area contributed by atoms with E-state index in [4.69, 9.17) is 25.9 Å². The molecule has 1 saturated heterocycles. The average molecular weight is 429 g/mol. The molecule has 2 aromatic carbocycles. The van der Waals surface area contributed by atoms with E-state index in [0.29, 0.717) is 31.0 Å². The summed E-state index contributed by atoms with van der Waals surface area (Å²) in [5.74, 6) is 1.62. The van der Waals surface area contributed by atoms with Crippen LogP contribution in [0.5, 0.6) is 11.5 Å². The molecule has 0 bridgehead atoms. The Kier molecular flexibility index (Phi) is 6.43. The number of nitrogens with zero attached hydrogens (tertiary/aromatic N) is 2. The van der Waals surface area contributed by atoms with Gasteiger partial charge in [-0.15, -0.1) is 0 Å². The highest BCUT2D eigenvalue weighted by atomic mass is 35.5. The SMILES string of the molecule is COc1cccc(CC2=NOC(C(=O)N3CCC(Oc4ccc(Cl)cc4)CC3)C2)c1. The van der Waals surface area contributed by atoms with Crippen LogP contribution in [0.4, 0.5) is 0 Å². The van der Waals surface area contributed by atoms with E-state index in [-0.39, 0.29) is 12.0 Å². The number of methoxy groups -OCH3 is 1. The van der Waals surface area contributed by atoms with Crippen molar-refractivity contribution in [2.45, 2.75) is 37.9 Å². The molecule has 158 valence electrons. The molecule has 0 spiro atoms. The zero-order valence-corrected chi connectivity index (χ0v) is 17.7. The number of oxime groups is 1. The number of rotatable bonds is 6. The van der Waals surface area contributed by atoms with E-state index in [2.05, 4.69) is 5.16 Å². The molecule has 0 radical (unpaired) electrons. The smallest absolute Gasteiger partial charge is 0.266 e. The summed E-state index contributed by atoms with van der Waals surface area (Å²) in [6, 6.07) is 15.2. The van der Waals surface area contributed by atoms with Crippen molar-refractivity contribution >= 4 is 23.2 Å². The number of carbonyl (C=O) groups is 1. The van der Waals surface area contributed by atoms with Crippen LogP contribution in [0, 0.1) is 0 Å². The fourth-order valence-electron chi connectivity index (χ4n) is 3.78. The molecule has 2 aliphatic rings. The van der Waals surface area contributed by atoms with Crippen LogP contribution in [0.3, 0.4) is 0 Å². The Labute approximate surface area is 181 Å². The van der Waals surface area contributed by atoms with Crippen molar-refractivity contribution < 1.29 is 19.1 Å². The van der Waals surface area contributed by atoms with Crippen LogP contribution >= 0.6 is 11.6 Å². The van der Waals surface area contributed by atoms with Gasteiger partial charge in [0.05, 0.1) is 12.8 Å². The fourth-order valence-corrected chi connectivity index (χ4v) is 3.91. The summed E-state index contributed by atoms with van der Waals surface area (Å²) in [5.41, 5.74) is 1.97. The van der Waals surface area contributed by atoms with Gasteiger partial charge in [-0.25, -0.2) is 0 Å². The lowest BCUT2D eigenvalue weighted by Gasteiger charge is -2.33. The standard InChI is InChI=1S/C23H25ClN2O4/c1-28-21-4-2-3-16(14-21)13-18-15-22(30-25-18)23(27)26-11-9-20(10-12-26)29-19-7-5-17(24)6-8-19/h2-8,14,20,22H,9-13,15H2,1H3. The van der Waals surface area contributed by atoms with Crippen LogP contribution in [-0.2, 0) is 16.1 Å². The van der Waals surface area contributed by atoms with Gasteiger partial charge in [-0.2, -0.15) is 0 Å². The van der Waals surface area contributed by atoms with E-state index >= 15 is 0 Å². The first-order valence-electron chi connectivity index (χ1n) is 10.2. The second-order valence-electron chi connectivity index (χ2n) is 7.58. The lowest BCUT2D eigenvalue weighted by molar-refractivity contribution is -0.143. The number of piperidine rings is 1. The van der Waals surface area contributed by atoms with Gasteiger partial charge in [0.2, 0.25) is 6.10 Å². The maximum atomic E-state index is 12.9. The topological polar surface area (TPSA) is 60.4 Å². The molecular weight excluding hydrogens is 404 g/mol. The van der Waals surface area contributed by atoms with Gasteiger partial charge in [0, 0.05) is 43.8 Å². The molecule has 6 nitrogen and oxygen atoms in total. The number of halogens is 1. The van der Waals surface area contributed by atoms with Gasteiger partial charge in [-0.3, -0.25) is 4.79 Å². The largest absolute Gasteiger partial charge is 0.497 e. The molecule has 2 heterocycles. The van der Waals surface area contributed by atoms with Crippen molar-refractivity contribution in [2.75, 3.05) is 20.2 Å². The average Bonchev–Trinajstić information content (AvgIpc) is 3.24. The van der Waals surface area contributed by atoms with Crippen LogP contribution in [0.25, 0.3) is 0 Å². The van der Waals surface area contributed by atoms with Crippen LogP contribution in [0.15, 0.2) is 53.7 Å². The van der Waals surface area contributed by atoms with Crippen molar-refractivity contribution in [2.24, 2.45) is 5.16 Å². The highest BCUT2D eigenvalue weighted by Gasteiger charge is 2.34. The van der Waals surface area contributed by atoms with E-state index < -0.39 is 6.10 Å². The van der Waals surface area contributed by atoms with Crippen LogP contribution in [-0.4, -0.2) is 48.9 Å². The highest BCUT2D eigenvalue weighted by molar-refractivity contribution is 6.30. The minimum absolute atomic E-state index is 0.00401. The number of likely N-dealkylation sites (tertiary alicyclic amines) is 1. The van der Waals surface area contributed by atoms with Gasteiger partial charge in [-0.05, 0) is 42.0 Å². The summed E-state index contributed by atoms with van der Waals surface area (Å²) in [5, 5.41) is 4.84. The highest BCUT2D eigenvalue weighted by Crippen LogP contribution is 2.23. The van der Waals surface area contributed by atoms with Gasteiger partial charge in [0.15, 0.2) is 0 Å². The number of hydrogen-bond donors (Lipinski definition) is 0. The molecule has 1 amide bonds. The zero-order valence-electron chi connectivity index (χ0n) is 16.9. The monoisotopic (exact) mass is 428 g/mol. The Morgan fingerprint density at radius 2 is 1.93 bits per heavy atom. The fraction of sp³-hybridized carbons (Fsp3) is 0.391. The van der Waals surface area contributed by atoms with Gasteiger partial charge in [-0.1, -0.05) is 28.9 Å². The van der Waals surface area contributed by atoms with Gasteiger partial charge in [0.25, 0.3) is 5.91 Å². The minimum atomic E-state index is -0.528. The number of hydrogen-bond acceptors (Lipinski definition) is 5. The first kappa shape index (κ1) is 20.5. The van der Waals surface area contributed by atoms with Gasteiger partial charge >= 0.3 is 0 Å². The molecule has 2 aromatic rings. The predicted molar refractivity (Wildman–Crippen MR) is 115 cm³/mol. The van der Waals surface area contributed by atoms with Crippen molar-refractivity contribution in [3.05, 3.63) is 59.1 Å². The van der Waals surface area contributed by atoms with E-state index in [1.165, 1.54) is 0 Å². The van der Waals surface area contributed by atoms with Crippen molar-refractivity contribution in [1.29, 1.82) is 0 Å². The molecule has 0 saturated carbocycles. The zero-order chi connectivity index (χ0) is 20.9. The van der Waals surface area contributed by atoms with Gasteiger partial charge < -0.3 is 19.2 Å². The quantitative estimate of drug-likeness (QED) is 0.694. The van der Waals surface area contributed by atoms with Crippen LogP contribution in [0.2, 0.25) is 5.02 Å². The van der Waals surface area contributed by atoms with E-state index in [9.17, 15) is 4.79 Å². The molecule has 0 aromatic heterocycles. The number of carbonyl (C=O) groups excluding carboxylic acids is 1. The Morgan fingerprint density at radius 3 is 2.67 bits per heavy atom. The Morgan fingerprint density at radius 1 is 1.17 bits per heavy atom. The van der Waals surface area contributed by atoms with Crippen LogP contribution < -0.4 is 9.47 Å². The lowest BCUT2D eigenvalue weighted by Crippen LogP contribution is -2.46. The molecule has 1 unspecified atom stereocenters. The van der Waals surface area contributed by atoms with Gasteiger partial charge in [0.1, 0.15) is 17.6 Å². The minimum Gasteiger partial charge on any atom is -0.497 e. The summed E-state index contributed by atoms with van der Waals surface area (Å²) < 4.78 is 11.3. The normalized spacial score (nSPS) is 19.2. The predicted octanol–water partition coefficient (Wildman–Crippen LogP) is 4.11. The first-order valence-corrected chi connectivity index (χ1v) is 10.5. The third-order valence-corrected chi connectivity index (χ3v) is 5.67. The van der Waals surface area contributed by atoms with E-state index in [1.807, 2.05) is 53.4 Å².